The second-order valence-corrected chi connectivity index (χ2v) is 15.7. The highest BCUT2D eigenvalue weighted by molar-refractivity contribution is 6.99. The van der Waals surface area contributed by atoms with E-state index in [1.165, 1.54) is 19.4 Å². The van der Waals surface area contributed by atoms with Gasteiger partial charge in [0.25, 0.3) is 13.9 Å². The van der Waals surface area contributed by atoms with Gasteiger partial charge in [0, 0.05) is 35.2 Å². The lowest BCUT2D eigenvalue weighted by atomic mass is 10.0. The first-order valence-electron chi connectivity index (χ1n) is 13.5. The maximum absolute atomic E-state index is 13.4. The SMILES string of the molecule is COc1cn(C(CCO[Si](c2ccccc2)(c2ccccc2)C(C)(C)C)C(=O)O)c(=O)cc1-c1cc(Cl)ccc1C#N. The van der Waals surface area contributed by atoms with E-state index in [9.17, 15) is 20.0 Å². The van der Waals surface area contributed by atoms with Crippen LogP contribution >= 0.6 is 11.6 Å². The minimum Gasteiger partial charge on any atom is -0.495 e. The van der Waals surface area contributed by atoms with Crippen LogP contribution in [0.25, 0.3) is 11.1 Å². The van der Waals surface area contributed by atoms with Gasteiger partial charge in [0.15, 0.2) is 0 Å². The zero-order valence-electron chi connectivity index (χ0n) is 24.0. The molecule has 0 aliphatic carbocycles. The number of nitriles is 1. The Morgan fingerprint density at radius 2 is 1.60 bits per heavy atom. The Balaban J connectivity index is 1.73. The molecular formula is C33H33ClN2O5Si. The molecule has 3 aromatic carbocycles. The molecular weight excluding hydrogens is 568 g/mol. The molecule has 0 aliphatic heterocycles. The molecule has 0 radical (unpaired) electrons. The lowest BCUT2D eigenvalue weighted by Crippen LogP contribution is -2.66. The molecule has 0 amide bonds. The molecule has 1 unspecified atom stereocenters. The van der Waals surface area contributed by atoms with Gasteiger partial charge in [0.2, 0.25) is 0 Å². The average Bonchev–Trinajstić information content (AvgIpc) is 2.97. The summed E-state index contributed by atoms with van der Waals surface area (Å²) in [5, 5.41) is 22.1. The van der Waals surface area contributed by atoms with E-state index in [1.807, 2.05) is 36.4 Å². The van der Waals surface area contributed by atoms with E-state index >= 15 is 0 Å². The number of benzene rings is 3. The van der Waals surface area contributed by atoms with Crippen molar-refractivity contribution in [3.63, 3.8) is 0 Å². The van der Waals surface area contributed by atoms with Crippen LogP contribution in [0.1, 0.15) is 38.8 Å². The Kier molecular flexibility index (Phi) is 9.37. The molecule has 0 spiro atoms. The van der Waals surface area contributed by atoms with Crippen LogP contribution in [0.3, 0.4) is 0 Å². The van der Waals surface area contributed by atoms with E-state index in [2.05, 4.69) is 51.1 Å². The minimum atomic E-state index is -2.90. The van der Waals surface area contributed by atoms with Crippen molar-refractivity contribution >= 4 is 36.3 Å². The number of nitrogens with zero attached hydrogens (tertiary/aromatic N) is 2. The van der Waals surface area contributed by atoms with Crippen LogP contribution < -0.4 is 20.7 Å². The monoisotopic (exact) mass is 600 g/mol. The molecule has 1 atom stereocenters. The molecule has 0 bridgehead atoms. The Labute approximate surface area is 251 Å². The van der Waals surface area contributed by atoms with Gasteiger partial charge >= 0.3 is 5.97 Å². The number of methoxy groups -OCH3 is 1. The first-order valence-corrected chi connectivity index (χ1v) is 15.8. The summed E-state index contributed by atoms with van der Waals surface area (Å²) in [6.45, 7) is 6.54. The lowest BCUT2D eigenvalue weighted by Gasteiger charge is -2.43. The molecule has 1 heterocycles. The van der Waals surface area contributed by atoms with Crippen molar-refractivity contribution in [1.29, 1.82) is 5.26 Å². The van der Waals surface area contributed by atoms with Gasteiger partial charge in [-0.15, -0.1) is 0 Å². The predicted molar refractivity (Wildman–Crippen MR) is 167 cm³/mol. The van der Waals surface area contributed by atoms with Crippen molar-refractivity contribution in [2.24, 2.45) is 0 Å². The third-order valence-corrected chi connectivity index (χ3v) is 12.7. The summed E-state index contributed by atoms with van der Waals surface area (Å²) in [6, 6.07) is 27.0. The molecule has 4 rings (SSSR count). The second-order valence-electron chi connectivity index (χ2n) is 11.0. The van der Waals surface area contributed by atoms with Crippen LogP contribution in [0.15, 0.2) is 95.9 Å². The molecule has 42 heavy (non-hydrogen) atoms. The number of hydrogen-bond acceptors (Lipinski definition) is 5. The van der Waals surface area contributed by atoms with Crippen molar-refractivity contribution in [2.45, 2.75) is 38.3 Å². The highest BCUT2D eigenvalue weighted by Crippen LogP contribution is 2.37. The third-order valence-electron chi connectivity index (χ3n) is 7.40. The summed E-state index contributed by atoms with van der Waals surface area (Å²) in [5.41, 5.74) is 0.536. The number of carboxylic acids is 1. The van der Waals surface area contributed by atoms with E-state index in [-0.39, 0.29) is 23.8 Å². The summed E-state index contributed by atoms with van der Waals surface area (Å²) in [6.07, 6.45) is 1.42. The fraction of sp³-hybridized carbons (Fsp3) is 0.242. The number of rotatable bonds is 10. The molecule has 0 aliphatic rings. The number of aliphatic carboxylic acids is 1. The molecule has 1 aromatic heterocycles. The molecule has 0 saturated carbocycles. The van der Waals surface area contributed by atoms with Crippen LogP contribution in [0.4, 0.5) is 0 Å². The third kappa shape index (κ3) is 6.04. The number of halogens is 1. The number of ether oxygens (including phenoxy) is 1. The maximum atomic E-state index is 13.4. The van der Waals surface area contributed by atoms with Gasteiger partial charge in [-0.25, -0.2) is 4.79 Å². The van der Waals surface area contributed by atoms with Crippen LogP contribution in [0.2, 0.25) is 10.1 Å². The summed E-state index contributed by atoms with van der Waals surface area (Å²) in [4.78, 5) is 25.9. The summed E-state index contributed by atoms with van der Waals surface area (Å²) in [5.74, 6) is -0.925. The topological polar surface area (TPSA) is 102 Å². The van der Waals surface area contributed by atoms with Crippen LogP contribution in [-0.4, -0.2) is 37.7 Å². The maximum Gasteiger partial charge on any atom is 0.326 e. The number of aromatic nitrogens is 1. The minimum absolute atomic E-state index is 0.0445. The van der Waals surface area contributed by atoms with E-state index in [1.54, 1.807) is 18.2 Å². The Hall–Kier alpha value is -4.16. The van der Waals surface area contributed by atoms with Gasteiger partial charge in [-0.1, -0.05) is 93.0 Å². The van der Waals surface area contributed by atoms with E-state index in [0.29, 0.717) is 21.7 Å². The summed E-state index contributed by atoms with van der Waals surface area (Å²) < 4.78 is 13.6. The van der Waals surface area contributed by atoms with Gasteiger partial charge in [-0.3, -0.25) is 9.36 Å². The van der Waals surface area contributed by atoms with Gasteiger partial charge in [0.05, 0.1) is 24.9 Å². The summed E-state index contributed by atoms with van der Waals surface area (Å²) >= 11 is 6.17. The zero-order chi connectivity index (χ0) is 30.5. The second kappa shape index (κ2) is 12.8. The average molecular weight is 601 g/mol. The Bertz CT molecular complexity index is 1620. The van der Waals surface area contributed by atoms with Crippen molar-refractivity contribution in [3.8, 4) is 22.9 Å². The van der Waals surface area contributed by atoms with Gasteiger partial charge in [-0.2, -0.15) is 5.26 Å². The fourth-order valence-corrected chi connectivity index (χ4v) is 10.2. The Morgan fingerprint density at radius 3 is 2.10 bits per heavy atom. The molecule has 4 aromatic rings. The standard InChI is InChI=1S/C33H33ClN2O5Si/c1-33(2,3)42(25-11-7-5-8-12-25,26-13-9-6-10-14-26)41-18-17-29(32(38)39)36-22-30(40-4)28(20-31(36)37)27-19-24(34)16-15-23(27)21-35/h5-16,19-20,22,29H,17-18H2,1-4H3,(H,38,39). The van der Waals surface area contributed by atoms with E-state index in [0.717, 1.165) is 14.9 Å². The molecule has 1 N–H and O–H groups in total. The highest BCUT2D eigenvalue weighted by Gasteiger charge is 2.50. The molecule has 0 fully saturated rings. The normalized spacial score (nSPS) is 12.4. The Morgan fingerprint density at radius 1 is 1.00 bits per heavy atom. The first kappa shape index (κ1) is 30.8. The molecule has 216 valence electrons. The van der Waals surface area contributed by atoms with Crippen LogP contribution in [0.5, 0.6) is 5.75 Å². The zero-order valence-corrected chi connectivity index (χ0v) is 25.8. The first-order chi connectivity index (χ1) is 20.0. The van der Waals surface area contributed by atoms with E-state index in [4.69, 9.17) is 20.8 Å². The quantitative estimate of drug-likeness (QED) is 0.236. The van der Waals surface area contributed by atoms with Gasteiger partial charge in [0.1, 0.15) is 11.8 Å². The van der Waals surface area contributed by atoms with Crippen molar-refractivity contribution in [1.82, 2.24) is 4.57 Å². The van der Waals surface area contributed by atoms with Crippen LogP contribution in [-0.2, 0) is 9.22 Å². The number of carbonyl (C=O) groups is 1. The molecule has 9 heteroatoms. The number of carboxylic acid groups (broad SMARTS) is 1. The number of hydrogen-bond donors (Lipinski definition) is 1. The largest absolute Gasteiger partial charge is 0.495 e. The van der Waals surface area contributed by atoms with E-state index < -0.39 is 25.9 Å². The molecule has 7 nitrogen and oxygen atoms in total. The van der Waals surface area contributed by atoms with Crippen molar-refractivity contribution in [3.05, 3.63) is 112 Å². The van der Waals surface area contributed by atoms with Crippen molar-refractivity contribution in [2.75, 3.05) is 13.7 Å². The highest BCUT2D eigenvalue weighted by atomic mass is 35.5. The number of pyridine rings is 1. The lowest BCUT2D eigenvalue weighted by molar-refractivity contribution is -0.141. The smallest absolute Gasteiger partial charge is 0.326 e. The van der Waals surface area contributed by atoms with Crippen LogP contribution in [0, 0.1) is 11.3 Å². The predicted octanol–water partition coefficient (Wildman–Crippen LogP) is 5.64. The van der Waals surface area contributed by atoms with Crippen molar-refractivity contribution < 1.29 is 19.1 Å². The van der Waals surface area contributed by atoms with Gasteiger partial charge < -0.3 is 14.3 Å². The molecule has 0 saturated heterocycles. The fourth-order valence-electron chi connectivity index (χ4n) is 5.45. The van der Waals surface area contributed by atoms with Gasteiger partial charge in [-0.05, 0) is 33.6 Å². The summed E-state index contributed by atoms with van der Waals surface area (Å²) in [7, 11) is -1.48.